The zero-order valence-electron chi connectivity index (χ0n) is 23.8. The number of benzene rings is 1. The van der Waals surface area contributed by atoms with Gasteiger partial charge in [-0.1, -0.05) is 13.0 Å². The third-order valence-corrected chi connectivity index (χ3v) is 9.00. The Bertz CT molecular complexity index is 1440. The second kappa shape index (κ2) is 10.7. The number of nitrogens with two attached hydrogens (primary N) is 1. The van der Waals surface area contributed by atoms with Crippen LogP contribution in [0.25, 0.3) is 5.76 Å². The molecule has 3 amide bonds. The van der Waals surface area contributed by atoms with Crippen LogP contribution in [0.4, 0.5) is 4.79 Å². The number of aryl methyl sites for hydroxylation is 1. The molecule has 1 aliphatic heterocycles. The lowest BCUT2D eigenvalue weighted by atomic mass is 9.57. The summed E-state index contributed by atoms with van der Waals surface area (Å²) in [6.07, 6.45) is 0.518. The molecule has 0 radical (unpaired) electrons. The molecule has 0 spiro atoms. The number of nitrogens with one attached hydrogen (secondary N) is 1. The summed E-state index contributed by atoms with van der Waals surface area (Å²) in [5, 5.41) is 48.3. The number of fused-ring (bicyclic) bond motifs is 3. The van der Waals surface area contributed by atoms with Gasteiger partial charge >= 0.3 is 6.03 Å². The minimum Gasteiger partial charge on any atom is -0.508 e. The molecule has 226 valence electrons. The number of aliphatic hydroxyl groups is 3. The van der Waals surface area contributed by atoms with Gasteiger partial charge in [0.25, 0.3) is 5.91 Å². The molecule has 4 unspecified atom stereocenters. The molecule has 1 saturated carbocycles. The van der Waals surface area contributed by atoms with E-state index in [9.17, 15) is 39.6 Å². The first kappa shape index (κ1) is 29.5. The monoisotopic (exact) mass is 584 g/mol. The van der Waals surface area contributed by atoms with Crippen LogP contribution in [0.15, 0.2) is 23.0 Å². The Morgan fingerprint density at radius 2 is 1.83 bits per heavy atom. The van der Waals surface area contributed by atoms with Crippen molar-refractivity contribution in [1.82, 2.24) is 15.1 Å². The van der Waals surface area contributed by atoms with Gasteiger partial charge in [-0.25, -0.2) is 4.79 Å². The number of phenolic OH excluding ortho intramolecular Hbond substituents is 1. The molecule has 1 saturated heterocycles. The summed E-state index contributed by atoms with van der Waals surface area (Å²) in [6, 6.07) is 0.313. The maximum Gasteiger partial charge on any atom is 0.317 e. The van der Waals surface area contributed by atoms with Crippen molar-refractivity contribution in [1.29, 1.82) is 0 Å². The predicted octanol–water partition coefficient (Wildman–Crippen LogP) is 0.0682. The third-order valence-electron chi connectivity index (χ3n) is 9.00. The van der Waals surface area contributed by atoms with Gasteiger partial charge < -0.3 is 41.1 Å². The zero-order chi connectivity index (χ0) is 30.7. The largest absolute Gasteiger partial charge is 0.508 e. The summed E-state index contributed by atoms with van der Waals surface area (Å²) in [6.45, 7) is 3.68. The number of nitrogens with zero attached hydrogens (tertiary/aromatic N) is 2. The fraction of sp³-hybridized carbons (Fsp3) is 0.517. The number of aromatic hydroxyl groups is 1. The average molecular weight is 585 g/mol. The van der Waals surface area contributed by atoms with E-state index in [4.69, 9.17) is 10.5 Å². The van der Waals surface area contributed by atoms with Crippen LogP contribution in [0.2, 0.25) is 0 Å². The number of morpholine rings is 1. The Morgan fingerprint density at radius 1 is 1.17 bits per heavy atom. The summed E-state index contributed by atoms with van der Waals surface area (Å²) in [7, 11) is 3.10. The van der Waals surface area contributed by atoms with E-state index in [0.717, 1.165) is 0 Å². The topological polar surface area (TPSA) is 203 Å². The van der Waals surface area contributed by atoms with Crippen LogP contribution >= 0.6 is 0 Å². The van der Waals surface area contributed by atoms with Crippen molar-refractivity contribution in [3.63, 3.8) is 0 Å². The number of hydrogen-bond acceptors (Lipinski definition) is 10. The Labute approximate surface area is 242 Å². The molecule has 0 bridgehead atoms. The number of likely N-dealkylation sites (N-methyl/N-ethyl adjacent to an activating group) is 1. The predicted molar refractivity (Wildman–Crippen MR) is 148 cm³/mol. The van der Waals surface area contributed by atoms with Gasteiger partial charge in [0.15, 0.2) is 11.4 Å². The maximum atomic E-state index is 14.0. The van der Waals surface area contributed by atoms with E-state index in [1.165, 1.54) is 4.90 Å². The molecule has 2 fully saturated rings. The first-order valence-electron chi connectivity index (χ1n) is 14.0. The molecule has 13 nitrogen and oxygen atoms in total. The fourth-order valence-electron chi connectivity index (χ4n) is 6.93. The molecule has 5 rings (SSSR count). The number of Topliss-reactive ketones (excluding diaryl/α,β-unsaturated/α-hetero) is 2. The molecule has 13 heteroatoms. The number of primary amides is 1. The highest BCUT2D eigenvalue weighted by molar-refractivity contribution is 6.24. The van der Waals surface area contributed by atoms with Gasteiger partial charge in [-0.3, -0.25) is 19.3 Å². The van der Waals surface area contributed by atoms with Crippen molar-refractivity contribution >= 4 is 29.3 Å². The number of urea groups is 1. The highest BCUT2D eigenvalue weighted by Crippen LogP contribution is 2.53. The SMILES string of the molecule is CCc1cc(CNC(=O)N2CCOCC2)c2c(c1O)C(O)=C1C(=O)C3(O)C(O)=C(C(N)=O)C(=O)C(N(C)C)C3CC1C2. The number of aliphatic hydroxyl groups excluding tert-OH is 2. The van der Waals surface area contributed by atoms with Crippen molar-refractivity contribution in [3.05, 3.63) is 45.2 Å². The Kier molecular flexibility index (Phi) is 7.54. The summed E-state index contributed by atoms with van der Waals surface area (Å²) in [5.74, 6) is -6.94. The normalized spacial score (nSPS) is 27.5. The van der Waals surface area contributed by atoms with Crippen LogP contribution in [0.3, 0.4) is 0 Å². The summed E-state index contributed by atoms with van der Waals surface area (Å²) in [5.41, 5.74) is 3.26. The maximum absolute atomic E-state index is 14.0. The lowest BCUT2D eigenvalue weighted by molar-refractivity contribution is -0.153. The van der Waals surface area contributed by atoms with Gasteiger partial charge in [0.1, 0.15) is 22.8 Å². The Hall–Kier alpha value is -3.94. The van der Waals surface area contributed by atoms with E-state index in [1.54, 1.807) is 32.0 Å². The van der Waals surface area contributed by atoms with Gasteiger partial charge in [0, 0.05) is 31.1 Å². The van der Waals surface area contributed by atoms with Gasteiger partial charge in [0.05, 0.1) is 24.8 Å². The summed E-state index contributed by atoms with van der Waals surface area (Å²) in [4.78, 5) is 55.3. The average Bonchev–Trinajstić information content (AvgIpc) is 2.94. The van der Waals surface area contributed by atoms with E-state index >= 15 is 0 Å². The molecule has 42 heavy (non-hydrogen) atoms. The molecule has 4 atom stereocenters. The number of phenols is 1. The van der Waals surface area contributed by atoms with Crippen LogP contribution in [0.5, 0.6) is 5.75 Å². The van der Waals surface area contributed by atoms with Crippen LogP contribution < -0.4 is 11.1 Å². The van der Waals surface area contributed by atoms with E-state index in [0.29, 0.717) is 49.4 Å². The lowest BCUT2D eigenvalue weighted by Gasteiger charge is -2.50. The highest BCUT2D eigenvalue weighted by Gasteiger charge is 2.64. The van der Waals surface area contributed by atoms with Crippen LogP contribution in [-0.4, -0.2) is 106 Å². The molecule has 1 heterocycles. The van der Waals surface area contributed by atoms with E-state index in [-0.39, 0.29) is 42.3 Å². The Morgan fingerprint density at radius 3 is 2.43 bits per heavy atom. The molecule has 0 aromatic heterocycles. The van der Waals surface area contributed by atoms with Gasteiger partial charge in [-0.2, -0.15) is 0 Å². The number of hydrogen-bond donors (Lipinski definition) is 6. The van der Waals surface area contributed by atoms with E-state index < -0.39 is 58.0 Å². The minimum absolute atomic E-state index is 0.0123. The first-order chi connectivity index (χ1) is 19.8. The second-order valence-electron chi connectivity index (χ2n) is 11.5. The van der Waals surface area contributed by atoms with Crippen LogP contribution in [0.1, 0.15) is 35.6 Å². The van der Waals surface area contributed by atoms with Gasteiger partial charge in [-0.15, -0.1) is 0 Å². The molecular weight excluding hydrogens is 548 g/mol. The Balaban J connectivity index is 1.61. The summed E-state index contributed by atoms with van der Waals surface area (Å²) >= 11 is 0. The highest BCUT2D eigenvalue weighted by atomic mass is 16.5. The third kappa shape index (κ3) is 4.34. The van der Waals surface area contributed by atoms with Gasteiger partial charge in [0.2, 0.25) is 5.78 Å². The number of rotatable bonds is 5. The number of ether oxygens (including phenoxy) is 1. The molecule has 3 aliphatic carbocycles. The van der Waals surface area contributed by atoms with Crippen molar-refractivity contribution in [3.8, 4) is 5.75 Å². The van der Waals surface area contributed by atoms with E-state index in [1.807, 2.05) is 0 Å². The summed E-state index contributed by atoms with van der Waals surface area (Å²) < 4.78 is 5.31. The van der Waals surface area contributed by atoms with Crippen LogP contribution in [-0.2, 0) is 38.5 Å². The quantitative estimate of drug-likeness (QED) is 0.257. The zero-order valence-corrected chi connectivity index (χ0v) is 23.8. The van der Waals surface area contributed by atoms with Crippen molar-refractivity contribution in [2.75, 3.05) is 40.4 Å². The molecule has 4 aliphatic rings. The number of ketones is 2. The number of carbonyl (C=O) groups is 4. The minimum atomic E-state index is -2.70. The number of carbonyl (C=O) groups excluding carboxylic acids is 4. The smallest absolute Gasteiger partial charge is 0.317 e. The fourth-order valence-corrected chi connectivity index (χ4v) is 6.93. The van der Waals surface area contributed by atoms with Crippen molar-refractivity contribution < 1.29 is 44.3 Å². The lowest BCUT2D eigenvalue weighted by Crippen LogP contribution is -2.65. The number of amides is 3. The standard InChI is InChI=1S/C29H36N4O9/c1-4-13-9-15(12-31-28(40)33-5-7-42-8-6-33)16-10-14-11-17-21(32(2)3)24(36)20(27(30)39)26(38)29(17,41)25(37)18(14)23(35)19(16)22(13)34/h9,14,17,21,34-35,38,41H,4-8,10-12H2,1-3H3,(H2,30,39)(H,31,40). The molecule has 1 aromatic carbocycles. The van der Waals surface area contributed by atoms with Crippen molar-refractivity contribution in [2.24, 2.45) is 17.6 Å². The molecule has 1 aromatic rings. The van der Waals surface area contributed by atoms with Crippen molar-refractivity contribution in [2.45, 2.75) is 44.4 Å². The van der Waals surface area contributed by atoms with Crippen LogP contribution in [0, 0.1) is 11.8 Å². The second-order valence-corrected chi connectivity index (χ2v) is 11.5. The molecular formula is C29H36N4O9. The van der Waals surface area contributed by atoms with E-state index in [2.05, 4.69) is 5.32 Å². The first-order valence-corrected chi connectivity index (χ1v) is 14.0. The van der Waals surface area contributed by atoms with Gasteiger partial charge in [-0.05, 0) is 56.0 Å². The molecule has 7 N–H and O–H groups in total.